The Bertz CT molecular complexity index is 239. The largest absolute Gasteiger partial charge is 0.392 e. The van der Waals surface area contributed by atoms with Crippen molar-refractivity contribution in [1.82, 2.24) is 0 Å². The fraction of sp³-hybridized carbons (Fsp3) is 0.833. The number of aliphatic hydroxyl groups is 2. The van der Waals surface area contributed by atoms with Gasteiger partial charge in [0.05, 0.1) is 12.2 Å². The molecule has 0 amide bonds. The van der Waals surface area contributed by atoms with Crippen LogP contribution in [0.15, 0.2) is 11.1 Å². The first-order valence-electron chi connectivity index (χ1n) is 5.64. The number of aliphatic hydroxyl groups excluding tert-OH is 2. The minimum Gasteiger partial charge on any atom is -0.392 e. The average molecular weight is 196 g/mol. The quantitative estimate of drug-likeness (QED) is 0.628. The number of hydrogen-bond donors (Lipinski definition) is 2. The molecule has 0 aromatic carbocycles. The van der Waals surface area contributed by atoms with Gasteiger partial charge in [-0.2, -0.15) is 0 Å². The predicted octanol–water partition coefficient (Wildman–Crippen LogP) is 1.86. The normalized spacial score (nSPS) is 42.4. The smallest absolute Gasteiger partial charge is 0.0632 e. The van der Waals surface area contributed by atoms with Gasteiger partial charge in [0.15, 0.2) is 0 Å². The van der Waals surface area contributed by atoms with E-state index in [4.69, 9.17) is 0 Å². The van der Waals surface area contributed by atoms with Gasteiger partial charge in [0.1, 0.15) is 0 Å². The highest BCUT2D eigenvalue weighted by Crippen LogP contribution is 2.40. The van der Waals surface area contributed by atoms with E-state index in [1.165, 1.54) is 24.0 Å². The predicted molar refractivity (Wildman–Crippen MR) is 55.8 cm³/mol. The number of hydrogen-bond acceptors (Lipinski definition) is 2. The van der Waals surface area contributed by atoms with Gasteiger partial charge in [-0.1, -0.05) is 18.1 Å². The Morgan fingerprint density at radius 2 is 1.64 bits per heavy atom. The second-order valence-electron chi connectivity index (χ2n) is 5.02. The molecule has 2 aliphatic carbocycles. The van der Waals surface area contributed by atoms with Crippen molar-refractivity contribution in [3.05, 3.63) is 11.1 Å². The third kappa shape index (κ3) is 1.86. The fourth-order valence-corrected chi connectivity index (χ4v) is 2.74. The van der Waals surface area contributed by atoms with Crippen molar-refractivity contribution in [3.8, 4) is 0 Å². The Morgan fingerprint density at radius 3 is 2.07 bits per heavy atom. The lowest BCUT2D eigenvalue weighted by Gasteiger charge is -2.36. The summed E-state index contributed by atoms with van der Waals surface area (Å²) < 4.78 is 0. The second-order valence-corrected chi connectivity index (χ2v) is 5.02. The molecule has 2 heteroatoms. The van der Waals surface area contributed by atoms with E-state index >= 15 is 0 Å². The minimum absolute atomic E-state index is 0.0173. The lowest BCUT2D eigenvalue weighted by Crippen LogP contribution is -2.40. The van der Waals surface area contributed by atoms with Crippen LogP contribution in [0.25, 0.3) is 0 Å². The monoisotopic (exact) mass is 196 g/mol. The summed E-state index contributed by atoms with van der Waals surface area (Å²) in [5.74, 6) is 0.469. The summed E-state index contributed by atoms with van der Waals surface area (Å²) in [6.45, 7) is 4.18. The summed E-state index contributed by atoms with van der Waals surface area (Å²) in [6, 6.07) is 0. The topological polar surface area (TPSA) is 40.5 Å². The maximum absolute atomic E-state index is 9.96. The first-order chi connectivity index (χ1) is 6.59. The van der Waals surface area contributed by atoms with Crippen molar-refractivity contribution in [2.75, 3.05) is 0 Å². The molecule has 14 heavy (non-hydrogen) atoms. The molecule has 2 saturated carbocycles. The highest BCUT2D eigenvalue weighted by molar-refractivity contribution is 5.27. The lowest BCUT2D eigenvalue weighted by molar-refractivity contribution is -0.0253. The highest BCUT2D eigenvalue weighted by atomic mass is 16.3. The molecule has 0 aliphatic heterocycles. The third-order valence-electron chi connectivity index (χ3n) is 3.67. The third-order valence-corrected chi connectivity index (χ3v) is 3.67. The van der Waals surface area contributed by atoms with Crippen LogP contribution in [-0.4, -0.2) is 22.4 Å². The zero-order valence-corrected chi connectivity index (χ0v) is 9.03. The second kappa shape index (κ2) is 3.67. The van der Waals surface area contributed by atoms with Crippen LogP contribution in [-0.2, 0) is 0 Å². The lowest BCUT2D eigenvalue weighted by atomic mass is 9.75. The summed E-state index contributed by atoms with van der Waals surface area (Å²) in [5, 5.41) is 19.9. The van der Waals surface area contributed by atoms with Gasteiger partial charge in [0.2, 0.25) is 0 Å². The van der Waals surface area contributed by atoms with Crippen LogP contribution in [0.5, 0.6) is 0 Å². The van der Waals surface area contributed by atoms with Crippen LogP contribution in [0.4, 0.5) is 0 Å². The molecule has 0 heterocycles. The molecule has 2 unspecified atom stereocenters. The molecule has 0 aromatic rings. The first-order valence-corrected chi connectivity index (χ1v) is 5.64. The molecule has 2 fully saturated rings. The maximum Gasteiger partial charge on any atom is 0.0632 e. The maximum atomic E-state index is 9.96. The zero-order chi connectivity index (χ0) is 10.3. The summed E-state index contributed by atoms with van der Waals surface area (Å²) in [4.78, 5) is 0. The van der Waals surface area contributed by atoms with Crippen molar-refractivity contribution in [2.24, 2.45) is 11.8 Å². The van der Waals surface area contributed by atoms with Crippen molar-refractivity contribution in [3.63, 3.8) is 0 Å². The van der Waals surface area contributed by atoms with Crippen molar-refractivity contribution in [1.29, 1.82) is 0 Å². The van der Waals surface area contributed by atoms with E-state index in [9.17, 15) is 10.2 Å². The first kappa shape index (κ1) is 10.2. The molecule has 80 valence electrons. The molecule has 2 N–H and O–H groups in total. The van der Waals surface area contributed by atoms with Crippen LogP contribution < -0.4 is 0 Å². The van der Waals surface area contributed by atoms with E-state index in [0.29, 0.717) is 5.92 Å². The minimum atomic E-state index is -0.332. The number of rotatable bonds is 1. The van der Waals surface area contributed by atoms with Gasteiger partial charge in [-0.15, -0.1) is 0 Å². The summed E-state index contributed by atoms with van der Waals surface area (Å²) >= 11 is 0. The van der Waals surface area contributed by atoms with E-state index in [1.807, 2.05) is 0 Å². The zero-order valence-electron chi connectivity index (χ0n) is 9.03. The highest BCUT2D eigenvalue weighted by Gasteiger charge is 2.37. The summed E-state index contributed by atoms with van der Waals surface area (Å²) in [5.41, 5.74) is 2.72. The average Bonchev–Trinajstić information content (AvgIpc) is 2.83. The molecule has 0 aromatic heterocycles. The Hall–Kier alpha value is -0.340. The Kier molecular flexibility index (Phi) is 2.67. The Labute approximate surface area is 85.6 Å². The molecule has 0 saturated heterocycles. The SMILES string of the molecule is CC(=C1CC1)C1C(O)CC(C)CC1O. The van der Waals surface area contributed by atoms with E-state index in [-0.39, 0.29) is 18.1 Å². The van der Waals surface area contributed by atoms with Crippen LogP contribution >= 0.6 is 0 Å². The van der Waals surface area contributed by atoms with Crippen molar-refractivity contribution < 1.29 is 10.2 Å². The van der Waals surface area contributed by atoms with E-state index < -0.39 is 0 Å². The van der Waals surface area contributed by atoms with Crippen LogP contribution in [0.1, 0.15) is 39.5 Å². The molecule has 0 spiro atoms. The van der Waals surface area contributed by atoms with E-state index in [1.54, 1.807) is 0 Å². The molecule has 0 bridgehead atoms. The van der Waals surface area contributed by atoms with Crippen LogP contribution in [0.2, 0.25) is 0 Å². The van der Waals surface area contributed by atoms with Gasteiger partial charge in [-0.05, 0) is 38.5 Å². The van der Waals surface area contributed by atoms with E-state index in [2.05, 4.69) is 13.8 Å². The Balaban J connectivity index is 2.13. The van der Waals surface area contributed by atoms with Gasteiger partial charge in [-0.3, -0.25) is 0 Å². The molecular weight excluding hydrogens is 176 g/mol. The van der Waals surface area contributed by atoms with Crippen LogP contribution in [0.3, 0.4) is 0 Å². The van der Waals surface area contributed by atoms with Gasteiger partial charge >= 0.3 is 0 Å². The molecular formula is C12H20O2. The molecule has 2 aliphatic rings. The molecule has 2 rings (SSSR count). The molecule has 2 nitrogen and oxygen atoms in total. The van der Waals surface area contributed by atoms with Gasteiger partial charge in [0, 0.05) is 5.92 Å². The van der Waals surface area contributed by atoms with E-state index in [0.717, 1.165) is 12.8 Å². The molecule has 0 radical (unpaired) electrons. The van der Waals surface area contributed by atoms with Gasteiger partial charge < -0.3 is 10.2 Å². The van der Waals surface area contributed by atoms with Crippen molar-refractivity contribution >= 4 is 0 Å². The number of allylic oxidation sites excluding steroid dienone is 1. The van der Waals surface area contributed by atoms with Gasteiger partial charge in [0.25, 0.3) is 0 Å². The Morgan fingerprint density at radius 1 is 1.14 bits per heavy atom. The van der Waals surface area contributed by atoms with Gasteiger partial charge in [-0.25, -0.2) is 0 Å². The van der Waals surface area contributed by atoms with Crippen LogP contribution in [0, 0.1) is 11.8 Å². The summed E-state index contributed by atoms with van der Waals surface area (Å²) in [7, 11) is 0. The standard InChI is InChI=1S/C12H20O2/c1-7-5-10(13)12(11(14)6-7)8(2)9-3-4-9/h7,10-14H,3-6H2,1-2H3. The fourth-order valence-electron chi connectivity index (χ4n) is 2.74. The summed E-state index contributed by atoms with van der Waals surface area (Å²) in [6.07, 6.45) is 3.37. The molecule has 2 atom stereocenters. The van der Waals surface area contributed by atoms with Crippen molar-refractivity contribution in [2.45, 2.75) is 51.7 Å².